The normalized spacial score (nSPS) is 13.9. The van der Waals surface area contributed by atoms with Crippen molar-refractivity contribution in [1.82, 2.24) is 19.9 Å². The summed E-state index contributed by atoms with van der Waals surface area (Å²) in [5.74, 6) is -2.19. The van der Waals surface area contributed by atoms with Crippen LogP contribution >= 0.6 is 0 Å². The number of hydrogen-bond donors (Lipinski definition) is 5. The summed E-state index contributed by atoms with van der Waals surface area (Å²) >= 11 is 0. The molecule has 1 aliphatic heterocycles. The summed E-state index contributed by atoms with van der Waals surface area (Å²) in [5, 5.41) is 28.1. The van der Waals surface area contributed by atoms with Gasteiger partial charge in [-0.3, -0.25) is 15.0 Å². The van der Waals surface area contributed by atoms with Gasteiger partial charge in [0, 0.05) is 49.3 Å². The zero-order valence-corrected chi connectivity index (χ0v) is 18.8. The van der Waals surface area contributed by atoms with E-state index in [-0.39, 0.29) is 31.2 Å². The van der Waals surface area contributed by atoms with Crippen LogP contribution in [0.4, 0.5) is 8.78 Å². The molecule has 1 fully saturated rings. The lowest BCUT2D eigenvalue weighted by molar-refractivity contribution is -0.0274. The zero-order chi connectivity index (χ0) is 24.9. The maximum atomic E-state index is 12.2. The van der Waals surface area contributed by atoms with E-state index in [9.17, 15) is 13.9 Å². The fourth-order valence-corrected chi connectivity index (χ4v) is 2.79. The summed E-state index contributed by atoms with van der Waals surface area (Å²) in [5.41, 5.74) is 6.46. The number of piperidine rings is 1. The minimum Gasteiger partial charge on any atom is -0.506 e. The summed E-state index contributed by atoms with van der Waals surface area (Å²) in [7, 11) is 0. The molecule has 0 aromatic carbocycles. The van der Waals surface area contributed by atoms with Crippen molar-refractivity contribution in [3.05, 3.63) is 48.5 Å². The van der Waals surface area contributed by atoms with Gasteiger partial charge in [0.15, 0.2) is 5.84 Å². The summed E-state index contributed by atoms with van der Waals surface area (Å²) in [6, 6.07) is 5.28. The molecule has 1 aliphatic rings. The molecule has 0 atom stereocenters. The highest BCUT2D eigenvalue weighted by molar-refractivity contribution is 5.99. The molecule has 0 amide bonds. The van der Waals surface area contributed by atoms with E-state index < -0.39 is 5.92 Å². The number of alkyl halides is 2. The number of amidine groups is 1. The van der Waals surface area contributed by atoms with Crippen molar-refractivity contribution in [2.75, 3.05) is 19.8 Å². The van der Waals surface area contributed by atoms with Gasteiger partial charge in [-0.15, -0.1) is 0 Å². The second kappa shape index (κ2) is 14.0. The summed E-state index contributed by atoms with van der Waals surface area (Å²) in [6.07, 6.45) is 6.48. The molecule has 180 valence electrons. The number of aromatic nitrogens is 3. The first kappa shape index (κ1) is 27.8. The molecule has 3 aromatic heterocycles. The van der Waals surface area contributed by atoms with Crippen molar-refractivity contribution in [2.24, 2.45) is 10.7 Å². The lowest BCUT2D eigenvalue weighted by atomic mass is 10.1. The van der Waals surface area contributed by atoms with E-state index in [1.165, 1.54) is 6.20 Å². The minimum absolute atomic E-state index is 0.00694. The predicted molar refractivity (Wildman–Crippen MR) is 127 cm³/mol. The maximum Gasteiger partial charge on any atom is 0.250 e. The molecule has 4 rings (SSSR count). The van der Waals surface area contributed by atoms with Gasteiger partial charge in [0.25, 0.3) is 5.92 Å². The van der Waals surface area contributed by atoms with Crippen molar-refractivity contribution < 1.29 is 19.0 Å². The van der Waals surface area contributed by atoms with Gasteiger partial charge < -0.3 is 21.3 Å². The number of nitrogens with two attached hydrogens (primary N) is 1. The van der Waals surface area contributed by atoms with Gasteiger partial charge in [0.2, 0.25) is 0 Å². The number of aliphatic imine (C=N–C) groups is 1. The molecule has 0 saturated carbocycles. The van der Waals surface area contributed by atoms with Crippen LogP contribution in [0.15, 0.2) is 48.0 Å². The van der Waals surface area contributed by atoms with Crippen LogP contribution in [-0.4, -0.2) is 63.0 Å². The van der Waals surface area contributed by atoms with Crippen LogP contribution in [0.25, 0.3) is 16.7 Å². The first-order chi connectivity index (χ1) is 15.8. The highest BCUT2D eigenvalue weighted by atomic mass is 19.3. The second-order valence-electron chi connectivity index (χ2n) is 6.52. The Balaban J connectivity index is 0.000000348. The second-order valence-corrected chi connectivity index (χ2v) is 6.52. The summed E-state index contributed by atoms with van der Waals surface area (Å²) in [6.45, 7) is 8.02. The van der Waals surface area contributed by atoms with Crippen LogP contribution in [0.1, 0.15) is 32.3 Å². The van der Waals surface area contributed by atoms with E-state index in [4.69, 9.17) is 10.5 Å². The lowest BCUT2D eigenvalue weighted by Gasteiger charge is -2.21. The molecule has 0 aliphatic carbocycles. The SMILES string of the molecule is C=NC(=N)c1cncc(-n2ccc3cc(O)cnc32)c1.CC.FC1(F)CCNCC1.NCO. The first-order valence-corrected chi connectivity index (χ1v) is 10.4. The van der Waals surface area contributed by atoms with E-state index in [0.717, 1.165) is 11.1 Å². The van der Waals surface area contributed by atoms with Gasteiger partial charge in [-0.25, -0.2) is 18.8 Å². The molecule has 1 saturated heterocycles. The van der Waals surface area contributed by atoms with Gasteiger partial charge >= 0.3 is 0 Å². The molecular weight excluding hydrogens is 432 g/mol. The number of nitrogens with zero attached hydrogens (tertiary/aromatic N) is 4. The van der Waals surface area contributed by atoms with Crippen molar-refractivity contribution in [3.63, 3.8) is 0 Å². The van der Waals surface area contributed by atoms with E-state index in [1.54, 1.807) is 24.5 Å². The highest BCUT2D eigenvalue weighted by Crippen LogP contribution is 2.24. The fraction of sp³-hybridized carbons (Fsp3) is 0.364. The Morgan fingerprint density at radius 3 is 2.45 bits per heavy atom. The van der Waals surface area contributed by atoms with Gasteiger partial charge in [-0.05, 0) is 24.9 Å². The molecule has 0 radical (unpaired) electrons. The number of fused-ring (bicyclic) bond motifs is 1. The van der Waals surface area contributed by atoms with Crippen LogP contribution in [0, 0.1) is 5.41 Å². The molecule has 4 heterocycles. The monoisotopic (exact) mass is 463 g/mol. The highest BCUT2D eigenvalue weighted by Gasteiger charge is 2.30. The van der Waals surface area contributed by atoms with Crippen LogP contribution in [0.5, 0.6) is 5.75 Å². The number of hydrogen-bond acceptors (Lipinski definition) is 7. The van der Waals surface area contributed by atoms with Gasteiger partial charge in [-0.2, -0.15) is 0 Å². The number of halogens is 2. The number of aliphatic hydroxyl groups is 1. The van der Waals surface area contributed by atoms with Crippen LogP contribution in [0.2, 0.25) is 0 Å². The van der Waals surface area contributed by atoms with Crippen LogP contribution < -0.4 is 11.1 Å². The minimum atomic E-state index is -2.38. The predicted octanol–water partition coefficient (Wildman–Crippen LogP) is 3.08. The molecular formula is C22H31F2N7O2. The Bertz CT molecular complexity index is 1020. The topological polar surface area (TPSA) is 145 Å². The quantitative estimate of drug-likeness (QED) is 0.224. The summed E-state index contributed by atoms with van der Waals surface area (Å²) in [4.78, 5) is 11.9. The Kier molecular flexibility index (Phi) is 11.8. The number of pyridine rings is 2. The molecule has 3 aromatic rings. The third-order valence-electron chi connectivity index (χ3n) is 4.28. The molecule has 0 unspecified atom stereocenters. The molecule has 33 heavy (non-hydrogen) atoms. The number of rotatable bonds is 2. The first-order valence-electron chi connectivity index (χ1n) is 10.4. The Labute approximate surface area is 191 Å². The largest absolute Gasteiger partial charge is 0.506 e. The van der Waals surface area contributed by atoms with Crippen molar-refractivity contribution >= 4 is 23.6 Å². The van der Waals surface area contributed by atoms with Gasteiger partial charge in [0.05, 0.1) is 24.8 Å². The number of aromatic hydroxyl groups is 1. The van der Waals surface area contributed by atoms with Crippen LogP contribution in [-0.2, 0) is 0 Å². The van der Waals surface area contributed by atoms with E-state index in [0.29, 0.717) is 24.3 Å². The summed E-state index contributed by atoms with van der Waals surface area (Å²) < 4.78 is 26.2. The van der Waals surface area contributed by atoms with Crippen molar-refractivity contribution in [2.45, 2.75) is 32.6 Å². The molecule has 11 heteroatoms. The van der Waals surface area contributed by atoms with Crippen molar-refractivity contribution in [1.29, 1.82) is 5.41 Å². The van der Waals surface area contributed by atoms with E-state index >= 15 is 0 Å². The van der Waals surface area contributed by atoms with Gasteiger partial charge in [0.1, 0.15) is 11.4 Å². The maximum absolute atomic E-state index is 12.2. The van der Waals surface area contributed by atoms with E-state index in [1.807, 2.05) is 30.7 Å². The molecule has 9 nitrogen and oxygen atoms in total. The zero-order valence-electron chi connectivity index (χ0n) is 18.8. The van der Waals surface area contributed by atoms with Crippen molar-refractivity contribution in [3.8, 4) is 11.4 Å². The average Bonchev–Trinajstić information content (AvgIpc) is 3.24. The average molecular weight is 464 g/mol. The molecule has 0 bridgehead atoms. The van der Waals surface area contributed by atoms with Gasteiger partial charge in [-0.1, -0.05) is 13.8 Å². The van der Waals surface area contributed by atoms with Crippen LogP contribution in [0.3, 0.4) is 0 Å². The third kappa shape index (κ3) is 8.64. The molecule has 6 N–H and O–H groups in total. The standard InChI is InChI=1S/C14H11N5O.C5H9F2N.C2H6.CH5NO/c1-16-13(15)10-4-11(7-17-6-10)19-3-2-9-5-12(20)8-18-14(9)19;6-5(7)1-3-8-4-2-5;1-2;2-1-3/h2-8,15,20H,1H2;8H,1-4H2;1-2H3;3H,1-2H2. The Morgan fingerprint density at radius 2 is 1.91 bits per heavy atom. The third-order valence-corrected chi connectivity index (χ3v) is 4.28. The Morgan fingerprint density at radius 1 is 1.27 bits per heavy atom. The lowest BCUT2D eigenvalue weighted by Crippen LogP contribution is -2.35. The Hall–Kier alpha value is -3.28. The molecule has 0 spiro atoms. The fourth-order valence-electron chi connectivity index (χ4n) is 2.79. The van der Waals surface area contributed by atoms with E-state index in [2.05, 4.69) is 32.7 Å². The number of nitrogens with one attached hydrogen (secondary N) is 2. The smallest absolute Gasteiger partial charge is 0.250 e. The number of aliphatic hydroxyl groups excluding tert-OH is 1.